The topological polar surface area (TPSA) is 118 Å². The molecule has 9 heteroatoms. The molecule has 1 unspecified atom stereocenters. The first kappa shape index (κ1) is 14.9. The van der Waals surface area contributed by atoms with E-state index in [1.54, 1.807) is 12.1 Å². The smallest absolute Gasteiger partial charge is 0.390 e. The molecule has 1 aliphatic heterocycles. The van der Waals surface area contributed by atoms with Gasteiger partial charge in [0.05, 0.1) is 17.2 Å². The van der Waals surface area contributed by atoms with Crippen molar-refractivity contribution in [2.75, 3.05) is 5.01 Å². The molecule has 0 bridgehead atoms. The molecule has 1 aromatic carbocycles. The van der Waals surface area contributed by atoms with Crippen LogP contribution in [0.15, 0.2) is 30.5 Å². The quantitative estimate of drug-likeness (QED) is 0.475. The van der Waals surface area contributed by atoms with E-state index in [9.17, 15) is 24.8 Å². The maximum absolute atomic E-state index is 12.5. The molecule has 0 saturated carbocycles. The Hall–Kier alpha value is -3.07. The normalized spacial score (nSPS) is 15.0. The molecular weight excluding hydrogens is 304 g/mol. The molecule has 23 heavy (non-hydrogen) atoms. The van der Waals surface area contributed by atoms with Crippen LogP contribution in [-0.2, 0) is 11.5 Å². The summed E-state index contributed by atoms with van der Waals surface area (Å²) in [6.07, 6.45) is -0.0372. The zero-order chi connectivity index (χ0) is 16.7. The van der Waals surface area contributed by atoms with E-state index < -0.39 is 28.8 Å². The average molecular weight is 315 g/mol. The molecule has 1 aliphatic rings. The van der Waals surface area contributed by atoms with Crippen LogP contribution in [0, 0.1) is 10.1 Å². The lowest BCUT2D eigenvalue weighted by molar-refractivity contribution is -0.396. The minimum absolute atomic E-state index is 0.103. The first-order valence-electron chi connectivity index (χ1n) is 6.76. The fourth-order valence-corrected chi connectivity index (χ4v) is 2.50. The summed E-state index contributed by atoms with van der Waals surface area (Å²) in [5, 5.41) is 23.2. The van der Waals surface area contributed by atoms with E-state index in [1.165, 1.54) is 19.1 Å². The largest absolute Gasteiger partial charge is 0.457 e. The molecule has 3 rings (SSSR count). The van der Waals surface area contributed by atoms with Gasteiger partial charge in [-0.2, -0.15) is 0 Å². The van der Waals surface area contributed by atoms with E-state index in [-0.39, 0.29) is 23.2 Å². The molecule has 2 aromatic rings. The number of hydrogen-bond donors (Lipinski definition) is 0. The van der Waals surface area contributed by atoms with Crippen molar-refractivity contribution in [1.29, 1.82) is 0 Å². The number of aromatic nitrogens is 2. The lowest BCUT2D eigenvalue weighted by Crippen LogP contribution is -2.41. The van der Waals surface area contributed by atoms with E-state index in [1.807, 2.05) is 0 Å². The minimum Gasteiger partial charge on any atom is -0.390 e. The van der Waals surface area contributed by atoms with Crippen LogP contribution in [0.2, 0.25) is 0 Å². The number of amides is 2. The molecule has 117 valence electrons. The highest BCUT2D eigenvalue weighted by atomic mass is 16.6. The van der Waals surface area contributed by atoms with E-state index in [0.717, 1.165) is 10.9 Å². The molecule has 0 spiro atoms. The number of carbonyl (C=O) groups is 2. The lowest BCUT2D eigenvalue weighted by atomic mass is 10.1. The molecule has 0 aliphatic carbocycles. The lowest BCUT2D eigenvalue weighted by Gasteiger charge is -2.14. The Kier molecular flexibility index (Phi) is 3.41. The van der Waals surface area contributed by atoms with Gasteiger partial charge in [-0.25, -0.2) is 5.11 Å². The highest BCUT2D eigenvalue weighted by Crippen LogP contribution is 2.25. The molecule has 1 atom stereocenters. The van der Waals surface area contributed by atoms with Crippen molar-refractivity contribution < 1.29 is 19.6 Å². The van der Waals surface area contributed by atoms with Crippen LogP contribution < -0.4 is 5.01 Å². The van der Waals surface area contributed by atoms with E-state index in [4.69, 9.17) is 0 Å². The molecule has 0 N–H and O–H groups in total. The van der Waals surface area contributed by atoms with Gasteiger partial charge < -0.3 is 10.1 Å². The van der Waals surface area contributed by atoms with Crippen LogP contribution in [0.3, 0.4) is 0 Å². The van der Waals surface area contributed by atoms with E-state index in [2.05, 4.69) is 4.98 Å². The van der Waals surface area contributed by atoms with Crippen molar-refractivity contribution in [2.45, 2.75) is 19.4 Å². The zero-order valence-electron chi connectivity index (χ0n) is 12.0. The molecule has 0 saturated heterocycles. The predicted octanol–water partition coefficient (Wildman–Crippen LogP) is 1.08. The van der Waals surface area contributed by atoms with Gasteiger partial charge in [0.25, 0.3) is 11.8 Å². The summed E-state index contributed by atoms with van der Waals surface area (Å²) in [4.78, 5) is 38.9. The standard InChI is InChI=1S/C14H11N4O5/c1-8(19)6-9-7-15-14(18(22)23)16(9)17-12(20)10-4-2-3-5-11(10)13(17)21/h2-5,7-8H,6H2,1H3. The van der Waals surface area contributed by atoms with Crippen molar-refractivity contribution >= 4 is 17.8 Å². The maximum Gasteiger partial charge on any atom is 0.457 e. The van der Waals surface area contributed by atoms with E-state index >= 15 is 0 Å². The Labute approximate surface area is 129 Å². The van der Waals surface area contributed by atoms with Crippen LogP contribution in [0.1, 0.15) is 33.3 Å². The van der Waals surface area contributed by atoms with Gasteiger partial charge in [0.15, 0.2) is 0 Å². The van der Waals surface area contributed by atoms with Gasteiger partial charge in [-0.05, 0) is 24.0 Å². The van der Waals surface area contributed by atoms with Gasteiger partial charge in [-0.15, -0.1) is 9.69 Å². The molecule has 0 fully saturated rings. The van der Waals surface area contributed by atoms with E-state index in [0.29, 0.717) is 5.01 Å². The fraction of sp³-hybridized carbons (Fsp3) is 0.214. The van der Waals surface area contributed by atoms with Crippen molar-refractivity contribution in [3.8, 4) is 0 Å². The SMILES string of the molecule is CC([O])Cc1cnc([N+](=O)[O-])n1N1C(=O)c2ccccc2C1=O. The second kappa shape index (κ2) is 5.29. The Bertz CT molecular complexity index is 791. The number of imidazole rings is 1. The number of carbonyl (C=O) groups excluding carboxylic acids is 2. The highest BCUT2D eigenvalue weighted by Gasteiger charge is 2.43. The Morgan fingerprint density at radius 3 is 2.26 bits per heavy atom. The molecule has 2 amide bonds. The van der Waals surface area contributed by atoms with Crippen LogP contribution >= 0.6 is 0 Å². The summed E-state index contributed by atoms with van der Waals surface area (Å²) in [5.74, 6) is -2.06. The van der Waals surface area contributed by atoms with Gasteiger partial charge in [-0.1, -0.05) is 17.1 Å². The monoisotopic (exact) mass is 315 g/mol. The summed E-state index contributed by atoms with van der Waals surface area (Å²) < 4.78 is 0.819. The Morgan fingerprint density at radius 2 is 1.78 bits per heavy atom. The Morgan fingerprint density at radius 1 is 1.22 bits per heavy atom. The molecule has 2 heterocycles. The number of benzene rings is 1. The predicted molar refractivity (Wildman–Crippen MR) is 76.1 cm³/mol. The average Bonchev–Trinajstić information content (AvgIpc) is 3.00. The van der Waals surface area contributed by atoms with Crippen LogP contribution in [0.4, 0.5) is 5.95 Å². The van der Waals surface area contributed by atoms with Gasteiger partial charge in [-0.3, -0.25) is 9.59 Å². The Balaban J connectivity index is 2.16. The number of rotatable bonds is 4. The molecule has 9 nitrogen and oxygen atoms in total. The summed E-state index contributed by atoms with van der Waals surface area (Å²) >= 11 is 0. The maximum atomic E-state index is 12.5. The minimum atomic E-state index is -1.07. The number of nitrogens with zero attached hydrogens (tertiary/aromatic N) is 4. The molecule has 1 radical (unpaired) electrons. The number of nitro groups is 1. The number of fused-ring (bicyclic) bond motifs is 1. The van der Waals surface area contributed by atoms with Crippen LogP contribution in [0.5, 0.6) is 0 Å². The van der Waals surface area contributed by atoms with Crippen LogP contribution in [-0.4, -0.2) is 32.5 Å². The second-order valence-corrected chi connectivity index (χ2v) is 5.10. The summed E-state index contributed by atoms with van der Waals surface area (Å²) in [5.41, 5.74) is 0.442. The zero-order valence-corrected chi connectivity index (χ0v) is 12.0. The summed E-state index contributed by atoms with van der Waals surface area (Å²) in [6.45, 7) is 1.38. The molecule has 1 aromatic heterocycles. The van der Waals surface area contributed by atoms with Crippen molar-refractivity contribution in [1.82, 2.24) is 9.66 Å². The number of hydrogen-bond acceptors (Lipinski definition) is 5. The fourth-order valence-electron chi connectivity index (χ4n) is 2.50. The van der Waals surface area contributed by atoms with Crippen LogP contribution in [0.25, 0.3) is 0 Å². The van der Waals surface area contributed by atoms with Crippen molar-refractivity contribution in [3.63, 3.8) is 0 Å². The van der Waals surface area contributed by atoms with Gasteiger partial charge in [0.2, 0.25) is 0 Å². The third-order valence-electron chi connectivity index (χ3n) is 3.42. The summed E-state index contributed by atoms with van der Waals surface area (Å²) in [6, 6.07) is 6.12. The summed E-state index contributed by atoms with van der Waals surface area (Å²) in [7, 11) is 0. The number of imide groups is 1. The van der Waals surface area contributed by atoms with Crippen molar-refractivity contribution in [2.24, 2.45) is 0 Å². The highest BCUT2D eigenvalue weighted by molar-refractivity contribution is 6.30. The van der Waals surface area contributed by atoms with Gasteiger partial charge in [0.1, 0.15) is 11.9 Å². The van der Waals surface area contributed by atoms with Gasteiger partial charge in [0, 0.05) is 6.42 Å². The third-order valence-corrected chi connectivity index (χ3v) is 3.42. The molecular formula is C14H11N4O5. The van der Waals surface area contributed by atoms with Gasteiger partial charge >= 0.3 is 5.95 Å². The second-order valence-electron chi connectivity index (χ2n) is 5.10. The van der Waals surface area contributed by atoms with Crippen molar-refractivity contribution in [3.05, 3.63) is 57.4 Å². The first-order valence-corrected chi connectivity index (χ1v) is 6.76. The third kappa shape index (κ3) is 2.27. The first-order chi connectivity index (χ1) is 10.9.